The molecule has 0 amide bonds. The monoisotopic (exact) mass is 317 g/mol. The van der Waals surface area contributed by atoms with Gasteiger partial charge in [0.1, 0.15) is 6.10 Å². The van der Waals surface area contributed by atoms with Crippen LogP contribution in [0.2, 0.25) is 0 Å². The van der Waals surface area contributed by atoms with Gasteiger partial charge in [-0.05, 0) is 40.5 Å². The van der Waals surface area contributed by atoms with Gasteiger partial charge in [0.2, 0.25) is 0 Å². The van der Waals surface area contributed by atoms with Crippen LogP contribution >= 0.6 is 11.6 Å². The van der Waals surface area contributed by atoms with Gasteiger partial charge in [0.05, 0.1) is 6.10 Å². The van der Waals surface area contributed by atoms with Crippen molar-refractivity contribution in [1.82, 2.24) is 5.06 Å². The number of ether oxygens (including phenoxy) is 1. The Morgan fingerprint density at radius 1 is 1.00 bits per heavy atom. The largest absolute Gasteiger partial charge is 0.450 e. The zero-order valence-electron chi connectivity index (χ0n) is 13.7. The summed E-state index contributed by atoms with van der Waals surface area (Å²) in [5.41, 5.74) is -1.08. The van der Waals surface area contributed by atoms with Crippen molar-refractivity contribution in [1.29, 1.82) is 0 Å². The highest BCUT2D eigenvalue weighted by Gasteiger charge is 2.48. The highest BCUT2D eigenvalue weighted by molar-refractivity contribution is 6.61. The fourth-order valence-electron chi connectivity index (χ4n) is 3.99. The predicted molar refractivity (Wildman–Crippen MR) is 83.3 cm³/mol. The average Bonchev–Trinajstić information content (AvgIpc) is 2.33. The minimum absolute atomic E-state index is 0.147. The summed E-state index contributed by atoms with van der Waals surface area (Å²) >= 11 is 5.38. The van der Waals surface area contributed by atoms with Gasteiger partial charge in [-0.25, -0.2) is 4.79 Å². The second-order valence-corrected chi connectivity index (χ2v) is 7.98. The normalized spacial score (nSPS) is 27.5. The molecular formula is C16H28ClNO3. The van der Waals surface area contributed by atoms with E-state index < -0.39 is 5.43 Å². The van der Waals surface area contributed by atoms with Crippen LogP contribution in [0.4, 0.5) is 4.79 Å². The summed E-state index contributed by atoms with van der Waals surface area (Å²) in [4.78, 5) is 17.4. The van der Waals surface area contributed by atoms with Crippen LogP contribution in [0.25, 0.3) is 0 Å². The molecule has 0 aromatic carbocycles. The van der Waals surface area contributed by atoms with Gasteiger partial charge in [0.15, 0.2) is 0 Å². The predicted octanol–water partition coefficient (Wildman–Crippen LogP) is 4.65. The molecule has 1 heterocycles. The first-order valence-electron chi connectivity index (χ1n) is 8.04. The lowest BCUT2D eigenvalue weighted by atomic mass is 9.80. The van der Waals surface area contributed by atoms with E-state index in [0.29, 0.717) is 6.10 Å². The minimum Gasteiger partial charge on any atom is -0.450 e. The number of piperidine rings is 1. The lowest BCUT2D eigenvalue weighted by Crippen LogP contribution is -2.62. The van der Waals surface area contributed by atoms with E-state index in [2.05, 4.69) is 32.8 Å². The molecule has 2 aliphatic rings. The molecule has 21 heavy (non-hydrogen) atoms. The maximum atomic E-state index is 11.0. The Morgan fingerprint density at radius 2 is 1.52 bits per heavy atom. The van der Waals surface area contributed by atoms with Gasteiger partial charge in [0.25, 0.3) is 0 Å². The van der Waals surface area contributed by atoms with Crippen LogP contribution in [-0.4, -0.2) is 33.8 Å². The average molecular weight is 318 g/mol. The second-order valence-electron chi connectivity index (χ2n) is 7.67. The number of hydrogen-bond donors (Lipinski definition) is 0. The van der Waals surface area contributed by atoms with Crippen LogP contribution in [-0.2, 0) is 9.57 Å². The fourth-order valence-corrected chi connectivity index (χ4v) is 4.12. The van der Waals surface area contributed by atoms with E-state index in [4.69, 9.17) is 21.2 Å². The molecule has 2 fully saturated rings. The first-order valence-corrected chi connectivity index (χ1v) is 8.42. The molecule has 1 aliphatic carbocycles. The number of carbonyl (C=O) groups is 1. The molecule has 1 aliphatic heterocycles. The van der Waals surface area contributed by atoms with Crippen molar-refractivity contribution in [3.8, 4) is 0 Å². The molecule has 1 saturated carbocycles. The molecule has 0 unspecified atom stereocenters. The first kappa shape index (κ1) is 17.0. The molecular weight excluding hydrogens is 290 g/mol. The van der Waals surface area contributed by atoms with Crippen molar-refractivity contribution >= 4 is 17.0 Å². The zero-order chi connectivity index (χ0) is 15.7. The van der Waals surface area contributed by atoms with Crippen molar-refractivity contribution in [3.05, 3.63) is 0 Å². The van der Waals surface area contributed by atoms with Crippen molar-refractivity contribution in [2.75, 3.05) is 0 Å². The number of rotatable bonds is 3. The highest BCUT2D eigenvalue weighted by atomic mass is 35.5. The van der Waals surface area contributed by atoms with Crippen molar-refractivity contribution < 1.29 is 14.4 Å². The molecule has 0 radical (unpaired) electrons. The van der Waals surface area contributed by atoms with Gasteiger partial charge < -0.3 is 4.74 Å². The molecule has 1 saturated heterocycles. The Hall–Kier alpha value is -0.320. The zero-order valence-corrected chi connectivity index (χ0v) is 14.4. The topological polar surface area (TPSA) is 38.8 Å². The molecule has 122 valence electrons. The van der Waals surface area contributed by atoms with Crippen LogP contribution in [0.1, 0.15) is 72.6 Å². The fraction of sp³-hybridized carbons (Fsp3) is 0.938. The quantitative estimate of drug-likeness (QED) is 0.710. The number of hydrogen-bond acceptors (Lipinski definition) is 4. The molecule has 0 aromatic rings. The number of halogens is 1. The Kier molecular flexibility index (Phi) is 5.22. The second kappa shape index (κ2) is 6.43. The summed E-state index contributed by atoms with van der Waals surface area (Å²) in [6.45, 7) is 8.58. The summed E-state index contributed by atoms with van der Waals surface area (Å²) < 4.78 is 5.25. The SMILES string of the molecule is CC1(C)CC(OC(=O)Cl)CC(C)(C)N1OC1CCCCC1. The van der Waals surface area contributed by atoms with Gasteiger partial charge in [-0.1, -0.05) is 19.3 Å². The summed E-state index contributed by atoms with van der Waals surface area (Å²) in [6.07, 6.45) is 7.77. The Morgan fingerprint density at radius 3 is 2.00 bits per heavy atom. The van der Waals surface area contributed by atoms with Gasteiger partial charge in [-0.3, -0.25) is 4.84 Å². The van der Waals surface area contributed by atoms with E-state index in [0.717, 1.165) is 25.7 Å². The lowest BCUT2D eigenvalue weighted by molar-refractivity contribution is -0.316. The molecule has 0 aromatic heterocycles. The third-order valence-corrected chi connectivity index (χ3v) is 4.71. The minimum atomic E-state index is -0.715. The molecule has 0 bridgehead atoms. The van der Waals surface area contributed by atoms with E-state index in [-0.39, 0.29) is 17.2 Å². The summed E-state index contributed by atoms with van der Waals surface area (Å²) in [6, 6.07) is 0. The van der Waals surface area contributed by atoms with Crippen LogP contribution in [0.5, 0.6) is 0 Å². The van der Waals surface area contributed by atoms with E-state index in [1.807, 2.05) is 0 Å². The van der Waals surface area contributed by atoms with Gasteiger partial charge in [0, 0.05) is 35.5 Å². The number of carbonyl (C=O) groups excluding carboxylic acids is 1. The van der Waals surface area contributed by atoms with Crippen LogP contribution in [0.3, 0.4) is 0 Å². The molecule has 5 heteroatoms. The third-order valence-electron chi connectivity index (χ3n) is 4.62. The molecule has 0 atom stereocenters. The van der Waals surface area contributed by atoms with Crippen molar-refractivity contribution in [2.24, 2.45) is 0 Å². The first-order chi connectivity index (χ1) is 9.71. The van der Waals surface area contributed by atoms with Gasteiger partial charge >= 0.3 is 5.43 Å². The van der Waals surface area contributed by atoms with E-state index >= 15 is 0 Å². The van der Waals surface area contributed by atoms with E-state index in [9.17, 15) is 4.79 Å². The maximum absolute atomic E-state index is 11.0. The van der Waals surface area contributed by atoms with Crippen LogP contribution in [0, 0.1) is 0 Å². The standard InChI is InChI=1S/C16H28ClNO3/c1-15(2)10-13(20-14(17)19)11-16(3,4)18(15)21-12-8-6-5-7-9-12/h12-13H,5-11H2,1-4H3. The summed E-state index contributed by atoms with van der Waals surface area (Å²) in [7, 11) is 0. The highest BCUT2D eigenvalue weighted by Crippen LogP contribution is 2.41. The number of nitrogens with zero attached hydrogens (tertiary/aromatic N) is 1. The van der Waals surface area contributed by atoms with Gasteiger partial charge in [-0.2, -0.15) is 5.06 Å². The van der Waals surface area contributed by atoms with Gasteiger partial charge in [-0.15, -0.1) is 0 Å². The van der Waals surface area contributed by atoms with Crippen molar-refractivity contribution in [2.45, 2.75) is 95.9 Å². The van der Waals surface area contributed by atoms with Crippen molar-refractivity contribution in [3.63, 3.8) is 0 Å². The Labute approximate surface area is 133 Å². The molecule has 4 nitrogen and oxygen atoms in total. The molecule has 0 spiro atoms. The summed E-state index contributed by atoms with van der Waals surface area (Å²) in [5.74, 6) is 0. The van der Waals surface area contributed by atoms with Crippen LogP contribution < -0.4 is 0 Å². The Bertz CT molecular complexity index is 360. The molecule has 0 N–H and O–H groups in total. The van der Waals surface area contributed by atoms with E-state index in [1.165, 1.54) is 19.3 Å². The Balaban J connectivity index is 2.07. The third kappa shape index (κ3) is 4.33. The maximum Gasteiger partial charge on any atom is 0.404 e. The van der Waals surface area contributed by atoms with E-state index in [1.54, 1.807) is 0 Å². The molecule has 2 rings (SSSR count). The van der Waals surface area contributed by atoms with Crippen LogP contribution in [0.15, 0.2) is 0 Å². The summed E-state index contributed by atoms with van der Waals surface area (Å²) in [5, 5.41) is 2.15. The smallest absolute Gasteiger partial charge is 0.404 e. The lowest BCUT2D eigenvalue weighted by Gasteiger charge is -2.54. The number of hydroxylamine groups is 2.